The van der Waals surface area contributed by atoms with Gasteiger partial charge in [0.25, 0.3) is 0 Å². The molecule has 2 aliphatic carbocycles. The van der Waals surface area contributed by atoms with Gasteiger partial charge in [-0.3, -0.25) is 9.59 Å². The van der Waals surface area contributed by atoms with Crippen molar-refractivity contribution >= 4 is 17.4 Å². The summed E-state index contributed by atoms with van der Waals surface area (Å²) in [4.78, 5) is 24.0. The van der Waals surface area contributed by atoms with E-state index >= 15 is 0 Å². The number of carbonyl (C=O) groups is 2. The Labute approximate surface area is 122 Å². The Morgan fingerprint density at radius 2 is 1.86 bits per heavy atom. The number of carbonyl (C=O) groups excluding carboxylic acids is 2. The number of hydrogen-bond donors (Lipinski definition) is 1. The predicted octanol–water partition coefficient (Wildman–Crippen LogP) is 3.33. The molecule has 0 aromatic heterocycles. The van der Waals surface area contributed by atoms with Crippen LogP contribution in [0.15, 0.2) is 12.1 Å². The molecule has 1 heterocycles. The number of hydrogen-bond acceptors (Lipinski definition) is 2. The average molecular weight is 287 g/mol. The molecule has 1 aromatic rings. The van der Waals surface area contributed by atoms with E-state index in [1.165, 1.54) is 18.9 Å². The van der Waals surface area contributed by atoms with Crippen molar-refractivity contribution in [2.75, 3.05) is 5.32 Å². The molecule has 2 saturated carbocycles. The van der Waals surface area contributed by atoms with E-state index in [0.717, 1.165) is 18.4 Å². The second-order valence-corrected chi connectivity index (χ2v) is 6.54. The topological polar surface area (TPSA) is 46.2 Å². The number of ketones is 1. The van der Waals surface area contributed by atoms with E-state index in [0.29, 0.717) is 30.4 Å². The molecule has 1 amide bonds. The Morgan fingerprint density at radius 1 is 1.14 bits per heavy atom. The smallest absolute Gasteiger partial charge is 0.224 e. The van der Waals surface area contributed by atoms with Gasteiger partial charge in [-0.2, -0.15) is 0 Å². The van der Waals surface area contributed by atoms with E-state index in [1.54, 1.807) is 6.07 Å². The zero-order valence-corrected chi connectivity index (χ0v) is 11.8. The van der Waals surface area contributed by atoms with E-state index in [2.05, 4.69) is 5.32 Å². The lowest BCUT2D eigenvalue weighted by Gasteiger charge is -2.18. The molecule has 3 nitrogen and oxygen atoms in total. The largest absolute Gasteiger partial charge is 0.326 e. The number of aryl methyl sites for hydroxylation is 1. The van der Waals surface area contributed by atoms with Crippen molar-refractivity contribution in [3.8, 4) is 0 Å². The van der Waals surface area contributed by atoms with Crippen molar-refractivity contribution in [2.24, 2.45) is 17.8 Å². The number of benzene rings is 1. The van der Waals surface area contributed by atoms with Crippen LogP contribution in [0.5, 0.6) is 0 Å². The molecule has 4 rings (SSSR count). The van der Waals surface area contributed by atoms with Gasteiger partial charge in [0.1, 0.15) is 5.82 Å². The minimum absolute atomic E-state index is 0.0240. The van der Waals surface area contributed by atoms with Crippen molar-refractivity contribution in [2.45, 2.75) is 38.5 Å². The van der Waals surface area contributed by atoms with Crippen molar-refractivity contribution in [1.82, 2.24) is 0 Å². The van der Waals surface area contributed by atoms with Crippen molar-refractivity contribution in [3.05, 3.63) is 29.1 Å². The van der Waals surface area contributed by atoms with E-state index in [9.17, 15) is 14.0 Å². The van der Waals surface area contributed by atoms with Crippen LogP contribution in [-0.4, -0.2) is 11.7 Å². The third kappa shape index (κ3) is 2.08. The van der Waals surface area contributed by atoms with E-state index in [1.807, 2.05) is 0 Å². The number of rotatable bonds is 2. The molecule has 0 radical (unpaired) electrons. The third-order valence-corrected chi connectivity index (χ3v) is 5.31. The van der Waals surface area contributed by atoms with Crippen LogP contribution in [0.2, 0.25) is 0 Å². The number of fused-ring (bicyclic) bond motifs is 2. The maximum absolute atomic E-state index is 14.2. The lowest BCUT2D eigenvalue weighted by Crippen LogP contribution is -2.20. The zero-order valence-electron chi connectivity index (χ0n) is 11.8. The molecule has 1 N–H and O–H groups in total. The van der Waals surface area contributed by atoms with Crippen LogP contribution in [-0.2, 0) is 11.2 Å². The van der Waals surface area contributed by atoms with Crippen molar-refractivity contribution in [1.29, 1.82) is 0 Å². The molecule has 2 atom stereocenters. The molecule has 0 saturated heterocycles. The zero-order chi connectivity index (χ0) is 14.6. The fourth-order valence-corrected chi connectivity index (χ4v) is 4.15. The van der Waals surface area contributed by atoms with E-state index in [4.69, 9.17) is 0 Å². The Morgan fingerprint density at radius 3 is 2.57 bits per heavy atom. The summed E-state index contributed by atoms with van der Waals surface area (Å²) in [5.41, 5.74) is 1.63. The van der Waals surface area contributed by atoms with Crippen LogP contribution in [0, 0.1) is 23.6 Å². The van der Waals surface area contributed by atoms with Gasteiger partial charge >= 0.3 is 0 Å². The van der Waals surface area contributed by atoms with Crippen LogP contribution in [0.25, 0.3) is 0 Å². The molecule has 1 aliphatic heterocycles. The number of nitrogens with one attached hydrogen (secondary N) is 1. The second-order valence-electron chi connectivity index (χ2n) is 6.54. The van der Waals surface area contributed by atoms with E-state index < -0.39 is 5.82 Å². The molecular weight excluding hydrogens is 269 g/mol. The van der Waals surface area contributed by atoms with Gasteiger partial charge in [0.2, 0.25) is 5.91 Å². The molecule has 2 fully saturated rings. The summed E-state index contributed by atoms with van der Waals surface area (Å²) < 4.78 is 14.2. The first kappa shape index (κ1) is 13.0. The summed E-state index contributed by atoms with van der Waals surface area (Å²) in [6.07, 6.45) is 5.61. The monoisotopic (exact) mass is 287 g/mol. The quantitative estimate of drug-likeness (QED) is 0.848. The predicted molar refractivity (Wildman–Crippen MR) is 76.6 cm³/mol. The summed E-state index contributed by atoms with van der Waals surface area (Å²) in [6.45, 7) is 0. The van der Waals surface area contributed by atoms with Crippen LogP contribution in [0.3, 0.4) is 0 Å². The lowest BCUT2D eigenvalue weighted by molar-refractivity contribution is -0.116. The van der Waals surface area contributed by atoms with Gasteiger partial charge in [-0.1, -0.05) is 12.8 Å². The van der Waals surface area contributed by atoms with Crippen LogP contribution < -0.4 is 5.32 Å². The summed E-state index contributed by atoms with van der Waals surface area (Å²) in [7, 11) is 0. The SMILES string of the molecule is O=C1CCc2cc(C(=O)C3C4CCCCC43)c(F)cc2N1. The minimum atomic E-state index is -0.496. The van der Waals surface area contributed by atoms with Gasteiger partial charge < -0.3 is 5.32 Å². The van der Waals surface area contributed by atoms with Gasteiger partial charge in [0, 0.05) is 18.0 Å². The van der Waals surface area contributed by atoms with E-state index in [-0.39, 0.29) is 23.2 Å². The summed E-state index contributed by atoms with van der Waals surface area (Å²) in [6, 6.07) is 2.97. The maximum Gasteiger partial charge on any atom is 0.224 e. The third-order valence-electron chi connectivity index (χ3n) is 5.31. The highest BCUT2D eigenvalue weighted by Crippen LogP contribution is 2.56. The highest BCUT2D eigenvalue weighted by molar-refractivity contribution is 6.02. The summed E-state index contributed by atoms with van der Waals surface area (Å²) in [5.74, 6) is 0.406. The normalized spacial score (nSPS) is 30.1. The Kier molecular flexibility index (Phi) is 2.88. The maximum atomic E-state index is 14.2. The fourth-order valence-electron chi connectivity index (χ4n) is 4.15. The first-order chi connectivity index (χ1) is 10.1. The molecule has 3 aliphatic rings. The number of halogens is 1. The summed E-state index contributed by atoms with van der Waals surface area (Å²) >= 11 is 0. The average Bonchev–Trinajstić information content (AvgIpc) is 3.20. The first-order valence-corrected chi connectivity index (χ1v) is 7.81. The van der Waals surface area contributed by atoms with Gasteiger partial charge in [-0.25, -0.2) is 4.39 Å². The van der Waals surface area contributed by atoms with Crippen LogP contribution >= 0.6 is 0 Å². The van der Waals surface area contributed by atoms with Crippen molar-refractivity contribution in [3.63, 3.8) is 0 Å². The van der Waals surface area contributed by atoms with Crippen LogP contribution in [0.1, 0.15) is 48.0 Å². The molecule has 2 unspecified atom stereocenters. The Balaban J connectivity index is 1.63. The molecule has 21 heavy (non-hydrogen) atoms. The number of amides is 1. The number of Topliss-reactive ketones (excluding diaryl/α,β-unsaturated/α-hetero) is 1. The van der Waals surface area contributed by atoms with Gasteiger partial charge in [0.05, 0.1) is 5.56 Å². The Hall–Kier alpha value is -1.71. The molecule has 4 heteroatoms. The molecule has 0 bridgehead atoms. The minimum Gasteiger partial charge on any atom is -0.326 e. The van der Waals surface area contributed by atoms with Gasteiger partial charge in [-0.05, 0) is 48.8 Å². The Bertz CT molecular complexity index is 628. The van der Waals surface area contributed by atoms with Crippen molar-refractivity contribution < 1.29 is 14.0 Å². The van der Waals surface area contributed by atoms with Gasteiger partial charge in [-0.15, -0.1) is 0 Å². The lowest BCUT2D eigenvalue weighted by atomic mass is 9.96. The highest BCUT2D eigenvalue weighted by atomic mass is 19.1. The molecule has 1 aromatic carbocycles. The standard InChI is InChI=1S/C17H18FNO2/c18-13-8-14-9(5-6-15(20)19-14)7-12(13)17(21)16-10-3-1-2-4-11(10)16/h7-8,10-11,16H,1-6H2,(H,19,20). The van der Waals surface area contributed by atoms with Gasteiger partial charge in [0.15, 0.2) is 5.78 Å². The molecular formula is C17H18FNO2. The first-order valence-electron chi connectivity index (χ1n) is 7.81. The van der Waals surface area contributed by atoms with Crippen LogP contribution in [0.4, 0.5) is 10.1 Å². The second kappa shape index (κ2) is 4.65. The fraction of sp³-hybridized carbons (Fsp3) is 0.529. The number of anilines is 1. The summed E-state index contributed by atoms with van der Waals surface area (Å²) in [5, 5.41) is 2.67. The molecule has 0 spiro atoms. The molecule has 110 valence electrons. The highest BCUT2D eigenvalue weighted by Gasteiger charge is 2.54.